The molecule has 1 aliphatic heterocycles. The number of hydrogen-bond acceptors (Lipinski definition) is 7. The van der Waals surface area contributed by atoms with Crippen LogP contribution in [0, 0.1) is 5.92 Å². The second-order valence-electron chi connectivity index (χ2n) is 8.44. The molecule has 11 heteroatoms. The first-order valence-corrected chi connectivity index (χ1v) is 14.8. The van der Waals surface area contributed by atoms with Gasteiger partial charge in [-0.25, -0.2) is 8.42 Å². The molecule has 0 unspecified atom stereocenters. The summed E-state index contributed by atoms with van der Waals surface area (Å²) in [5.41, 5.74) is 0. The van der Waals surface area contributed by atoms with Crippen molar-refractivity contribution in [1.82, 2.24) is 24.4 Å². The maximum absolute atomic E-state index is 12.8. The summed E-state index contributed by atoms with van der Waals surface area (Å²) in [7, 11) is -3.51. The molecule has 2 aromatic heterocycles. The van der Waals surface area contributed by atoms with Gasteiger partial charge in [-0.2, -0.15) is 4.31 Å². The number of thiophene rings is 1. The van der Waals surface area contributed by atoms with Gasteiger partial charge in [0.2, 0.25) is 5.91 Å². The predicted octanol–water partition coefficient (Wildman–Crippen LogP) is 3.33. The van der Waals surface area contributed by atoms with Gasteiger partial charge in [0.1, 0.15) is 10.0 Å². The van der Waals surface area contributed by atoms with Crippen LogP contribution in [0.4, 0.5) is 0 Å². The van der Waals surface area contributed by atoms with Crippen LogP contribution >= 0.6 is 23.1 Å². The molecule has 1 aliphatic carbocycles. The van der Waals surface area contributed by atoms with E-state index in [1.54, 1.807) is 29.3 Å². The summed E-state index contributed by atoms with van der Waals surface area (Å²) in [6.45, 7) is 1.27. The fraction of sp³-hybridized carbons (Fsp3) is 0.667. The van der Waals surface area contributed by atoms with E-state index in [0.717, 1.165) is 30.2 Å². The standard InChI is InChI=1S/C21H31N5O3S3/c1-30-21-24-23-18(26(21)17-8-2-3-9-17)10-4-12-22-20(27)16-7-5-13-25(15-16)32(28,29)19-11-6-14-31-19/h6,11,14,16-17H,2-5,7-10,12-13,15H2,1H3,(H,22,27)/t16-/m0/s1. The number of nitrogens with one attached hydrogen (secondary N) is 1. The van der Waals surface area contributed by atoms with Crippen LogP contribution in [-0.4, -0.2) is 59.3 Å². The van der Waals surface area contributed by atoms with Crippen LogP contribution in [0.15, 0.2) is 26.9 Å². The zero-order chi connectivity index (χ0) is 22.6. The third-order valence-corrected chi connectivity index (χ3v) is 10.2. The lowest BCUT2D eigenvalue weighted by atomic mass is 9.99. The summed E-state index contributed by atoms with van der Waals surface area (Å²) in [5.74, 6) is 0.642. The molecule has 176 valence electrons. The molecule has 1 amide bonds. The monoisotopic (exact) mass is 497 g/mol. The fourth-order valence-electron chi connectivity index (χ4n) is 4.66. The summed E-state index contributed by atoms with van der Waals surface area (Å²) >= 11 is 2.85. The summed E-state index contributed by atoms with van der Waals surface area (Å²) in [4.78, 5) is 12.7. The van der Waals surface area contributed by atoms with Gasteiger partial charge in [0.05, 0.1) is 5.92 Å². The van der Waals surface area contributed by atoms with Crippen molar-refractivity contribution in [3.05, 3.63) is 23.3 Å². The van der Waals surface area contributed by atoms with Crippen molar-refractivity contribution in [1.29, 1.82) is 0 Å². The molecule has 0 bridgehead atoms. The number of carbonyl (C=O) groups is 1. The number of carbonyl (C=O) groups excluding carboxylic acids is 1. The Morgan fingerprint density at radius 1 is 1.25 bits per heavy atom. The number of aryl methyl sites for hydroxylation is 1. The maximum atomic E-state index is 12.8. The number of piperidine rings is 1. The van der Waals surface area contributed by atoms with Crippen molar-refractivity contribution in [2.45, 2.75) is 66.8 Å². The van der Waals surface area contributed by atoms with Gasteiger partial charge in [0.25, 0.3) is 10.0 Å². The highest BCUT2D eigenvalue weighted by atomic mass is 32.2. The molecule has 4 rings (SSSR count). The van der Waals surface area contributed by atoms with E-state index in [1.807, 2.05) is 6.26 Å². The van der Waals surface area contributed by atoms with E-state index in [4.69, 9.17) is 0 Å². The lowest BCUT2D eigenvalue weighted by molar-refractivity contribution is -0.126. The van der Waals surface area contributed by atoms with E-state index in [1.165, 1.54) is 41.3 Å². The molecule has 32 heavy (non-hydrogen) atoms. The smallest absolute Gasteiger partial charge is 0.252 e. The minimum atomic E-state index is -3.51. The van der Waals surface area contributed by atoms with Crippen molar-refractivity contribution >= 4 is 39.0 Å². The number of aromatic nitrogens is 3. The Hall–Kier alpha value is -1.43. The van der Waals surface area contributed by atoms with Crippen molar-refractivity contribution < 1.29 is 13.2 Å². The minimum absolute atomic E-state index is 0.0573. The molecule has 2 aromatic rings. The van der Waals surface area contributed by atoms with E-state index in [9.17, 15) is 13.2 Å². The number of hydrogen-bond donors (Lipinski definition) is 1. The molecule has 8 nitrogen and oxygen atoms in total. The molecule has 2 fully saturated rings. The highest BCUT2D eigenvalue weighted by Crippen LogP contribution is 2.33. The lowest BCUT2D eigenvalue weighted by Crippen LogP contribution is -2.45. The molecular formula is C21H31N5O3S3. The zero-order valence-corrected chi connectivity index (χ0v) is 20.9. The fourth-order valence-corrected chi connectivity index (χ4v) is 7.90. The van der Waals surface area contributed by atoms with Crippen molar-refractivity contribution in [2.75, 3.05) is 25.9 Å². The summed E-state index contributed by atoms with van der Waals surface area (Å²) < 4.78 is 29.7. The van der Waals surface area contributed by atoms with Gasteiger partial charge in [-0.15, -0.1) is 21.5 Å². The molecule has 0 spiro atoms. The Bertz CT molecular complexity index is 1000. The molecular weight excluding hydrogens is 466 g/mol. The molecule has 0 radical (unpaired) electrons. The lowest BCUT2D eigenvalue weighted by Gasteiger charge is -2.30. The summed E-state index contributed by atoms with van der Waals surface area (Å²) in [5, 5.41) is 14.5. The van der Waals surface area contributed by atoms with E-state index >= 15 is 0 Å². The third-order valence-electron chi connectivity index (χ3n) is 6.33. The molecule has 1 saturated carbocycles. The second-order valence-corrected chi connectivity index (χ2v) is 12.3. The van der Waals surface area contributed by atoms with Gasteiger partial charge in [0.15, 0.2) is 5.16 Å². The van der Waals surface area contributed by atoms with Crippen LogP contribution in [0.2, 0.25) is 0 Å². The van der Waals surface area contributed by atoms with Gasteiger partial charge in [-0.3, -0.25) is 4.79 Å². The van der Waals surface area contributed by atoms with E-state index in [-0.39, 0.29) is 18.4 Å². The molecule has 0 aromatic carbocycles. The quantitative estimate of drug-likeness (QED) is 0.422. The number of thioether (sulfide) groups is 1. The average molecular weight is 498 g/mol. The Morgan fingerprint density at radius 2 is 2.06 bits per heavy atom. The predicted molar refractivity (Wildman–Crippen MR) is 126 cm³/mol. The van der Waals surface area contributed by atoms with Crippen molar-refractivity contribution in [3.63, 3.8) is 0 Å². The molecule has 1 N–H and O–H groups in total. The van der Waals surface area contributed by atoms with Gasteiger partial charge in [0, 0.05) is 32.1 Å². The number of sulfonamides is 1. The zero-order valence-electron chi connectivity index (χ0n) is 18.4. The summed E-state index contributed by atoms with van der Waals surface area (Å²) in [6, 6.07) is 3.85. The Labute approximate surface area is 198 Å². The molecule has 2 aliphatic rings. The van der Waals surface area contributed by atoms with E-state index in [2.05, 4.69) is 20.1 Å². The molecule has 1 saturated heterocycles. The van der Waals surface area contributed by atoms with Gasteiger partial charge in [-0.05, 0) is 49.8 Å². The highest BCUT2D eigenvalue weighted by molar-refractivity contribution is 7.98. The summed E-state index contributed by atoms with van der Waals surface area (Å²) in [6.07, 6.45) is 9.89. The first kappa shape index (κ1) is 23.7. The highest BCUT2D eigenvalue weighted by Gasteiger charge is 2.33. The Morgan fingerprint density at radius 3 is 2.78 bits per heavy atom. The van der Waals surface area contributed by atoms with Crippen molar-refractivity contribution in [2.24, 2.45) is 5.92 Å². The van der Waals surface area contributed by atoms with Crippen molar-refractivity contribution in [3.8, 4) is 0 Å². The SMILES string of the molecule is CSc1nnc(CCCNC(=O)[C@H]2CCCN(S(=O)(=O)c3cccs3)C2)n1C1CCCC1. The number of rotatable bonds is 9. The number of amides is 1. The van der Waals surface area contributed by atoms with Gasteiger partial charge in [-0.1, -0.05) is 30.7 Å². The number of nitrogens with zero attached hydrogens (tertiary/aromatic N) is 4. The normalized spacial score (nSPS) is 20.6. The van der Waals surface area contributed by atoms with Gasteiger partial charge >= 0.3 is 0 Å². The first-order valence-electron chi connectivity index (χ1n) is 11.3. The minimum Gasteiger partial charge on any atom is -0.356 e. The van der Waals surface area contributed by atoms with Crippen LogP contribution in [0.5, 0.6) is 0 Å². The topological polar surface area (TPSA) is 97.2 Å². The van der Waals surface area contributed by atoms with Crippen LogP contribution in [-0.2, 0) is 21.2 Å². The Balaban J connectivity index is 1.28. The van der Waals surface area contributed by atoms with E-state index in [0.29, 0.717) is 29.8 Å². The van der Waals surface area contributed by atoms with Crippen LogP contribution in [0.3, 0.4) is 0 Å². The first-order chi connectivity index (χ1) is 15.5. The average Bonchev–Trinajstić information content (AvgIpc) is 3.57. The molecule has 1 atom stereocenters. The Kier molecular flexibility index (Phi) is 7.91. The maximum Gasteiger partial charge on any atom is 0.252 e. The van der Waals surface area contributed by atoms with E-state index < -0.39 is 10.0 Å². The van der Waals surface area contributed by atoms with Crippen LogP contribution in [0.25, 0.3) is 0 Å². The second kappa shape index (κ2) is 10.7. The third kappa shape index (κ3) is 5.21. The van der Waals surface area contributed by atoms with Crippen LogP contribution in [0.1, 0.15) is 56.8 Å². The molecule has 3 heterocycles. The largest absolute Gasteiger partial charge is 0.356 e. The van der Waals surface area contributed by atoms with Crippen LogP contribution < -0.4 is 5.32 Å². The van der Waals surface area contributed by atoms with Gasteiger partial charge < -0.3 is 9.88 Å².